The molecular formula is C16H19Cl2NO4. The molecule has 0 saturated heterocycles. The summed E-state index contributed by atoms with van der Waals surface area (Å²) in [7, 11) is 1.33. The first-order valence-electron chi connectivity index (χ1n) is 7.41. The van der Waals surface area contributed by atoms with E-state index in [9.17, 15) is 9.59 Å². The second kappa shape index (κ2) is 7.88. The van der Waals surface area contributed by atoms with E-state index in [4.69, 9.17) is 27.9 Å². The Kier molecular flexibility index (Phi) is 6.13. The molecule has 0 N–H and O–H groups in total. The highest BCUT2D eigenvalue weighted by atomic mass is 35.5. The lowest BCUT2D eigenvalue weighted by Gasteiger charge is -2.26. The minimum atomic E-state index is -0.702. The molecule has 1 aromatic rings. The summed E-state index contributed by atoms with van der Waals surface area (Å²) in [5.74, 6) is -0.0965. The fourth-order valence-electron chi connectivity index (χ4n) is 2.22. The van der Waals surface area contributed by atoms with Crippen molar-refractivity contribution in [2.45, 2.75) is 38.3 Å². The first-order valence-corrected chi connectivity index (χ1v) is 8.17. The van der Waals surface area contributed by atoms with Crippen molar-refractivity contribution in [3.05, 3.63) is 28.2 Å². The van der Waals surface area contributed by atoms with Crippen molar-refractivity contribution in [1.29, 1.82) is 0 Å². The van der Waals surface area contributed by atoms with Crippen LogP contribution in [0.3, 0.4) is 0 Å². The normalized spacial score (nSPS) is 15.0. The van der Waals surface area contributed by atoms with Crippen LogP contribution in [0.4, 0.5) is 0 Å². The standard InChI is InChI=1S/C16H19Cl2NO4/c1-10(23-14-6-3-11(17)9-13(14)18)16(21)19(12-4-5-12)8-7-15(20)22-2/h3,6,9-10,12H,4-5,7-8H2,1-2H3. The maximum absolute atomic E-state index is 12.6. The van der Waals surface area contributed by atoms with Crippen molar-refractivity contribution in [1.82, 2.24) is 4.90 Å². The van der Waals surface area contributed by atoms with Gasteiger partial charge in [-0.1, -0.05) is 23.2 Å². The number of carbonyl (C=O) groups is 2. The van der Waals surface area contributed by atoms with E-state index in [2.05, 4.69) is 4.74 Å². The lowest BCUT2D eigenvalue weighted by molar-refractivity contribution is -0.143. The summed E-state index contributed by atoms with van der Waals surface area (Å²) >= 11 is 11.9. The molecule has 2 rings (SSSR count). The zero-order valence-electron chi connectivity index (χ0n) is 13.1. The van der Waals surface area contributed by atoms with Gasteiger partial charge in [0.15, 0.2) is 6.10 Å². The number of esters is 1. The molecule has 1 aromatic carbocycles. The van der Waals surface area contributed by atoms with E-state index in [0.717, 1.165) is 12.8 Å². The van der Waals surface area contributed by atoms with Gasteiger partial charge in [-0.05, 0) is 38.0 Å². The van der Waals surface area contributed by atoms with Crippen molar-refractivity contribution < 1.29 is 19.1 Å². The Labute approximate surface area is 145 Å². The van der Waals surface area contributed by atoms with Crippen LogP contribution in [0.15, 0.2) is 18.2 Å². The predicted molar refractivity (Wildman–Crippen MR) is 87.9 cm³/mol. The van der Waals surface area contributed by atoms with Crippen molar-refractivity contribution in [2.75, 3.05) is 13.7 Å². The van der Waals surface area contributed by atoms with Crippen molar-refractivity contribution in [3.63, 3.8) is 0 Å². The third-order valence-corrected chi connectivity index (χ3v) is 4.13. The molecule has 1 unspecified atom stereocenters. The van der Waals surface area contributed by atoms with Crippen LogP contribution in [-0.2, 0) is 14.3 Å². The lowest BCUT2D eigenvalue weighted by atomic mass is 10.2. The Balaban J connectivity index is 1.99. The van der Waals surface area contributed by atoms with Crippen LogP contribution >= 0.6 is 23.2 Å². The first kappa shape index (κ1) is 17.9. The van der Waals surface area contributed by atoms with Gasteiger partial charge in [0.05, 0.1) is 18.6 Å². The number of benzene rings is 1. The molecular weight excluding hydrogens is 341 g/mol. The van der Waals surface area contributed by atoms with Gasteiger partial charge in [-0.25, -0.2) is 0 Å². The van der Waals surface area contributed by atoms with Gasteiger partial charge in [0.1, 0.15) is 5.75 Å². The van der Waals surface area contributed by atoms with Crippen LogP contribution in [0.25, 0.3) is 0 Å². The van der Waals surface area contributed by atoms with Gasteiger partial charge in [0.2, 0.25) is 0 Å². The number of hydrogen-bond acceptors (Lipinski definition) is 4. The molecule has 1 aliphatic carbocycles. The molecule has 5 nitrogen and oxygen atoms in total. The molecule has 1 aliphatic rings. The largest absolute Gasteiger partial charge is 0.479 e. The number of nitrogens with zero attached hydrogens (tertiary/aromatic N) is 1. The molecule has 0 aliphatic heterocycles. The summed E-state index contributed by atoms with van der Waals surface area (Å²) in [6.07, 6.45) is 1.36. The Hall–Kier alpha value is -1.46. The zero-order chi connectivity index (χ0) is 17.0. The molecule has 0 bridgehead atoms. The Morgan fingerprint density at radius 2 is 2.04 bits per heavy atom. The van der Waals surface area contributed by atoms with Gasteiger partial charge < -0.3 is 14.4 Å². The van der Waals surface area contributed by atoms with E-state index >= 15 is 0 Å². The summed E-state index contributed by atoms with van der Waals surface area (Å²) in [6, 6.07) is 5.02. The van der Waals surface area contributed by atoms with Crippen LogP contribution < -0.4 is 4.74 Å². The number of amides is 1. The number of hydrogen-bond donors (Lipinski definition) is 0. The van der Waals surface area contributed by atoms with Crippen LogP contribution in [0.1, 0.15) is 26.2 Å². The van der Waals surface area contributed by atoms with Crippen LogP contribution in [0, 0.1) is 0 Å². The van der Waals surface area contributed by atoms with E-state index in [1.54, 1.807) is 30.0 Å². The number of methoxy groups -OCH3 is 1. The second-order valence-corrected chi connectivity index (χ2v) is 6.27. The second-order valence-electron chi connectivity index (χ2n) is 5.42. The van der Waals surface area contributed by atoms with E-state index in [1.807, 2.05) is 0 Å². The average Bonchev–Trinajstić information content (AvgIpc) is 3.34. The van der Waals surface area contributed by atoms with Crippen molar-refractivity contribution >= 4 is 35.1 Å². The Morgan fingerprint density at radius 3 is 2.61 bits per heavy atom. The Morgan fingerprint density at radius 1 is 1.35 bits per heavy atom. The molecule has 7 heteroatoms. The molecule has 1 fully saturated rings. The fourth-order valence-corrected chi connectivity index (χ4v) is 2.67. The maximum atomic E-state index is 12.6. The number of carbonyl (C=O) groups excluding carboxylic acids is 2. The minimum Gasteiger partial charge on any atom is -0.479 e. The van der Waals surface area contributed by atoms with E-state index < -0.39 is 6.10 Å². The molecule has 0 spiro atoms. The summed E-state index contributed by atoms with van der Waals surface area (Å²) in [4.78, 5) is 25.6. The average molecular weight is 360 g/mol. The molecule has 126 valence electrons. The third-order valence-electron chi connectivity index (χ3n) is 3.60. The lowest BCUT2D eigenvalue weighted by Crippen LogP contribution is -2.43. The molecule has 1 saturated carbocycles. The SMILES string of the molecule is COC(=O)CCN(C(=O)C(C)Oc1ccc(Cl)cc1Cl)C1CC1. The quantitative estimate of drug-likeness (QED) is 0.700. The van der Waals surface area contributed by atoms with Gasteiger partial charge in [0, 0.05) is 17.6 Å². The molecule has 0 radical (unpaired) electrons. The highest BCUT2D eigenvalue weighted by Crippen LogP contribution is 2.30. The van der Waals surface area contributed by atoms with Gasteiger partial charge in [-0.15, -0.1) is 0 Å². The summed E-state index contributed by atoms with van der Waals surface area (Å²) in [5, 5.41) is 0.851. The molecule has 1 atom stereocenters. The number of rotatable bonds is 7. The van der Waals surface area contributed by atoms with Crippen LogP contribution in [0.2, 0.25) is 10.0 Å². The van der Waals surface area contributed by atoms with E-state index in [0.29, 0.717) is 22.3 Å². The predicted octanol–water partition coefficient (Wildman–Crippen LogP) is 3.31. The topological polar surface area (TPSA) is 55.8 Å². The summed E-state index contributed by atoms with van der Waals surface area (Å²) < 4.78 is 10.3. The summed E-state index contributed by atoms with van der Waals surface area (Å²) in [6.45, 7) is 2.00. The van der Waals surface area contributed by atoms with Crippen molar-refractivity contribution in [2.24, 2.45) is 0 Å². The van der Waals surface area contributed by atoms with Crippen molar-refractivity contribution in [3.8, 4) is 5.75 Å². The molecule has 23 heavy (non-hydrogen) atoms. The summed E-state index contributed by atoms with van der Waals surface area (Å²) in [5.41, 5.74) is 0. The first-order chi connectivity index (χ1) is 10.9. The van der Waals surface area contributed by atoms with Gasteiger partial charge in [-0.2, -0.15) is 0 Å². The van der Waals surface area contributed by atoms with E-state index in [-0.39, 0.29) is 24.3 Å². The van der Waals surface area contributed by atoms with Gasteiger partial charge >= 0.3 is 5.97 Å². The highest BCUT2D eigenvalue weighted by Gasteiger charge is 2.35. The van der Waals surface area contributed by atoms with Gasteiger partial charge in [0.25, 0.3) is 5.91 Å². The maximum Gasteiger partial charge on any atom is 0.307 e. The molecule has 1 amide bonds. The molecule has 0 aromatic heterocycles. The number of ether oxygens (including phenoxy) is 2. The third kappa shape index (κ3) is 5.01. The zero-order valence-corrected chi connectivity index (χ0v) is 14.6. The van der Waals surface area contributed by atoms with Gasteiger partial charge in [-0.3, -0.25) is 9.59 Å². The van der Waals surface area contributed by atoms with E-state index in [1.165, 1.54) is 7.11 Å². The molecule has 0 heterocycles. The van der Waals surface area contributed by atoms with Crippen LogP contribution in [0.5, 0.6) is 5.75 Å². The smallest absolute Gasteiger partial charge is 0.307 e. The minimum absolute atomic E-state index is 0.164. The van der Waals surface area contributed by atoms with Crippen LogP contribution in [-0.4, -0.2) is 42.6 Å². The monoisotopic (exact) mass is 359 g/mol. The number of halogens is 2. The fraction of sp³-hybridized carbons (Fsp3) is 0.500. The highest BCUT2D eigenvalue weighted by molar-refractivity contribution is 6.35. The Bertz CT molecular complexity index is 589.